The molecule has 112 valence electrons. The summed E-state index contributed by atoms with van der Waals surface area (Å²) in [7, 11) is -3.40. The second-order valence-electron chi connectivity index (χ2n) is 4.80. The number of carbonyl (C=O) groups excluding carboxylic acids is 1. The molecule has 1 atom stereocenters. The Labute approximate surface area is 119 Å². The first-order chi connectivity index (χ1) is 9.45. The highest BCUT2D eigenvalue weighted by molar-refractivity contribution is 7.91. The minimum Gasteiger partial charge on any atom is -0.396 e. The summed E-state index contributed by atoms with van der Waals surface area (Å²) in [5.74, 6) is -0.305. The molecular formula is C14H21NO4S. The van der Waals surface area contributed by atoms with Crippen molar-refractivity contribution in [2.75, 3.05) is 18.9 Å². The number of hydrogen-bond donors (Lipinski definition) is 2. The molecule has 0 aromatic heterocycles. The van der Waals surface area contributed by atoms with E-state index in [0.29, 0.717) is 13.0 Å². The predicted molar refractivity (Wildman–Crippen MR) is 77.0 cm³/mol. The van der Waals surface area contributed by atoms with Crippen LogP contribution in [0.3, 0.4) is 0 Å². The quantitative estimate of drug-likeness (QED) is 0.749. The van der Waals surface area contributed by atoms with Gasteiger partial charge in [-0.3, -0.25) is 4.79 Å². The Kier molecular flexibility index (Phi) is 6.67. The minimum atomic E-state index is -3.40. The van der Waals surface area contributed by atoms with Crippen LogP contribution in [-0.2, 0) is 14.6 Å². The van der Waals surface area contributed by atoms with E-state index in [1.54, 1.807) is 18.2 Å². The van der Waals surface area contributed by atoms with Gasteiger partial charge in [0.05, 0.1) is 10.6 Å². The fourth-order valence-electron chi connectivity index (χ4n) is 1.67. The lowest BCUT2D eigenvalue weighted by Gasteiger charge is -2.11. The summed E-state index contributed by atoms with van der Waals surface area (Å²) >= 11 is 0. The normalized spacial score (nSPS) is 12.9. The van der Waals surface area contributed by atoms with Crippen molar-refractivity contribution in [3.05, 3.63) is 30.3 Å². The molecule has 0 heterocycles. The Hall–Kier alpha value is -1.40. The van der Waals surface area contributed by atoms with Gasteiger partial charge >= 0.3 is 0 Å². The van der Waals surface area contributed by atoms with Gasteiger partial charge in [-0.05, 0) is 24.5 Å². The van der Waals surface area contributed by atoms with Crippen LogP contribution in [0.15, 0.2) is 35.2 Å². The predicted octanol–water partition coefficient (Wildman–Crippen LogP) is 0.985. The topological polar surface area (TPSA) is 83.5 Å². The standard InChI is InChI=1S/C14H21NO4S/c1-12(7-9-16)11-15-14(17)8-10-20(18,19)13-5-3-2-4-6-13/h2-6,12,16H,7-11H2,1H3,(H,15,17). The largest absolute Gasteiger partial charge is 0.396 e. The van der Waals surface area contributed by atoms with E-state index in [1.807, 2.05) is 6.92 Å². The molecule has 5 nitrogen and oxygen atoms in total. The maximum Gasteiger partial charge on any atom is 0.221 e. The molecule has 6 heteroatoms. The van der Waals surface area contributed by atoms with Gasteiger partial charge in [0.15, 0.2) is 9.84 Å². The second-order valence-corrected chi connectivity index (χ2v) is 6.91. The number of amides is 1. The molecule has 0 aliphatic carbocycles. The van der Waals surface area contributed by atoms with Crippen molar-refractivity contribution in [3.63, 3.8) is 0 Å². The first-order valence-electron chi connectivity index (χ1n) is 6.61. The third-order valence-electron chi connectivity index (χ3n) is 2.97. The summed E-state index contributed by atoms with van der Waals surface area (Å²) in [6.07, 6.45) is 0.561. The Balaban J connectivity index is 2.41. The zero-order valence-corrected chi connectivity index (χ0v) is 12.4. The van der Waals surface area contributed by atoms with E-state index in [4.69, 9.17) is 5.11 Å². The summed E-state index contributed by atoms with van der Waals surface area (Å²) < 4.78 is 23.9. The van der Waals surface area contributed by atoms with Crippen molar-refractivity contribution >= 4 is 15.7 Å². The van der Waals surface area contributed by atoms with Crippen LogP contribution in [0.5, 0.6) is 0 Å². The van der Waals surface area contributed by atoms with E-state index in [1.165, 1.54) is 12.1 Å². The molecule has 1 aromatic carbocycles. The van der Waals surface area contributed by atoms with Gasteiger partial charge in [-0.25, -0.2) is 8.42 Å². The van der Waals surface area contributed by atoms with Crippen molar-refractivity contribution in [3.8, 4) is 0 Å². The second kappa shape index (κ2) is 8.01. The number of carbonyl (C=O) groups is 1. The summed E-state index contributed by atoms with van der Waals surface area (Å²) in [6, 6.07) is 8.11. The van der Waals surface area contributed by atoms with Gasteiger partial charge < -0.3 is 10.4 Å². The SMILES string of the molecule is CC(CCO)CNC(=O)CCS(=O)(=O)c1ccccc1. The van der Waals surface area contributed by atoms with Crippen LogP contribution < -0.4 is 5.32 Å². The fraction of sp³-hybridized carbons (Fsp3) is 0.500. The van der Waals surface area contributed by atoms with Gasteiger partial charge in [-0.15, -0.1) is 0 Å². The van der Waals surface area contributed by atoms with E-state index >= 15 is 0 Å². The lowest BCUT2D eigenvalue weighted by Crippen LogP contribution is -2.30. The van der Waals surface area contributed by atoms with Crippen molar-refractivity contribution < 1.29 is 18.3 Å². The molecule has 1 aromatic rings. The van der Waals surface area contributed by atoms with E-state index in [9.17, 15) is 13.2 Å². The summed E-state index contributed by atoms with van der Waals surface area (Å²) in [4.78, 5) is 11.8. The van der Waals surface area contributed by atoms with Crippen molar-refractivity contribution in [2.45, 2.75) is 24.7 Å². The van der Waals surface area contributed by atoms with E-state index < -0.39 is 9.84 Å². The van der Waals surface area contributed by atoms with Gasteiger partial charge in [0.25, 0.3) is 0 Å². The highest BCUT2D eigenvalue weighted by Gasteiger charge is 2.16. The van der Waals surface area contributed by atoms with Gasteiger partial charge in [0.1, 0.15) is 0 Å². The molecule has 0 aliphatic heterocycles. The van der Waals surface area contributed by atoms with E-state index in [0.717, 1.165) is 0 Å². The average Bonchev–Trinajstić information content (AvgIpc) is 2.44. The maximum absolute atomic E-state index is 12.0. The van der Waals surface area contributed by atoms with Gasteiger partial charge in [-0.2, -0.15) is 0 Å². The van der Waals surface area contributed by atoms with Gasteiger partial charge in [0, 0.05) is 19.6 Å². The molecule has 0 saturated carbocycles. The van der Waals surface area contributed by atoms with Crippen LogP contribution >= 0.6 is 0 Å². The Morgan fingerprint density at radius 2 is 1.95 bits per heavy atom. The van der Waals surface area contributed by atoms with Crippen molar-refractivity contribution in [1.82, 2.24) is 5.32 Å². The number of hydrogen-bond acceptors (Lipinski definition) is 4. The molecule has 0 spiro atoms. The van der Waals surface area contributed by atoms with Crippen molar-refractivity contribution in [1.29, 1.82) is 0 Å². The smallest absolute Gasteiger partial charge is 0.221 e. The Morgan fingerprint density at radius 1 is 1.30 bits per heavy atom. The molecule has 1 amide bonds. The third kappa shape index (κ3) is 5.71. The van der Waals surface area contributed by atoms with Crippen LogP contribution in [0.1, 0.15) is 19.8 Å². The van der Waals surface area contributed by atoms with Crippen LogP contribution in [-0.4, -0.2) is 38.3 Å². The highest BCUT2D eigenvalue weighted by Crippen LogP contribution is 2.11. The maximum atomic E-state index is 12.0. The number of nitrogens with one attached hydrogen (secondary N) is 1. The first kappa shape index (κ1) is 16.7. The summed E-state index contributed by atoms with van der Waals surface area (Å²) in [5, 5.41) is 11.4. The zero-order chi connectivity index (χ0) is 15.0. The average molecular weight is 299 g/mol. The van der Waals surface area contributed by atoms with Crippen LogP contribution in [0.2, 0.25) is 0 Å². The summed E-state index contributed by atoms with van der Waals surface area (Å²) in [5.41, 5.74) is 0. The van der Waals surface area contributed by atoms with Crippen LogP contribution in [0.25, 0.3) is 0 Å². The molecule has 0 bridgehead atoms. The Bertz CT molecular complexity index is 513. The molecule has 0 saturated heterocycles. The molecule has 0 aliphatic rings. The monoisotopic (exact) mass is 299 g/mol. The Morgan fingerprint density at radius 3 is 2.55 bits per heavy atom. The molecule has 1 rings (SSSR count). The minimum absolute atomic E-state index is 0.0525. The number of aliphatic hydroxyl groups is 1. The first-order valence-corrected chi connectivity index (χ1v) is 8.26. The highest BCUT2D eigenvalue weighted by atomic mass is 32.2. The molecule has 20 heavy (non-hydrogen) atoms. The summed E-state index contributed by atoms with van der Waals surface area (Å²) in [6.45, 7) is 2.45. The van der Waals surface area contributed by atoms with Gasteiger partial charge in [-0.1, -0.05) is 25.1 Å². The third-order valence-corrected chi connectivity index (χ3v) is 4.70. The van der Waals surface area contributed by atoms with E-state index in [2.05, 4.69) is 5.32 Å². The van der Waals surface area contributed by atoms with Gasteiger partial charge in [0.2, 0.25) is 5.91 Å². The van der Waals surface area contributed by atoms with E-state index in [-0.39, 0.29) is 35.5 Å². The fourth-order valence-corrected chi connectivity index (χ4v) is 2.93. The number of rotatable bonds is 8. The molecule has 2 N–H and O–H groups in total. The number of sulfone groups is 1. The molecule has 1 unspecified atom stereocenters. The van der Waals surface area contributed by atoms with Crippen LogP contribution in [0, 0.1) is 5.92 Å². The lowest BCUT2D eigenvalue weighted by atomic mass is 10.1. The number of benzene rings is 1. The lowest BCUT2D eigenvalue weighted by molar-refractivity contribution is -0.120. The zero-order valence-electron chi connectivity index (χ0n) is 11.6. The molecule has 0 radical (unpaired) electrons. The van der Waals surface area contributed by atoms with Crippen LogP contribution in [0.4, 0.5) is 0 Å². The molecule has 0 fully saturated rings. The molecular weight excluding hydrogens is 278 g/mol. The van der Waals surface area contributed by atoms with Crippen molar-refractivity contribution in [2.24, 2.45) is 5.92 Å². The number of aliphatic hydroxyl groups excluding tert-OH is 1.